The van der Waals surface area contributed by atoms with E-state index >= 15 is 0 Å². The number of urea groups is 1. The summed E-state index contributed by atoms with van der Waals surface area (Å²) in [5.74, 6) is 0.726. The molecule has 1 unspecified atom stereocenters. The minimum absolute atomic E-state index is 0.0157. The van der Waals surface area contributed by atoms with Crippen LogP contribution in [0.2, 0.25) is 0 Å². The lowest BCUT2D eigenvalue weighted by molar-refractivity contribution is -0.149. The van der Waals surface area contributed by atoms with E-state index in [4.69, 9.17) is 9.47 Å². The third-order valence-corrected chi connectivity index (χ3v) is 6.58. The fourth-order valence-corrected chi connectivity index (χ4v) is 4.81. The van der Waals surface area contributed by atoms with Gasteiger partial charge in [-0.05, 0) is 64.5 Å². The molecular formula is C24H35N3O4. The first-order chi connectivity index (χ1) is 15.0. The van der Waals surface area contributed by atoms with Gasteiger partial charge in [-0.1, -0.05) is 18.2 Å². The fourth-order valence-electron chi connectivity index (χ4n) is 4.81. The predicted octanol–water partition coefficient (Wildman–Crippen LogP) is 3.19. The van der Waals surface area contributed by atoms with Gasteiger partial charge in [0.1, 0.15) is 5.75 Å². The van der Waals surface area contributed by atoms with E-state index < -0.39 is 0 Å². The number of hydrogen-bond donors (Lipinski definition) is 1. The fraction of sp³-hybridized carbons (Fsp3) is 0.667. The van der Waals surface area contributed by atoms with Crippen molar-refractivity contribution in [3.8, 4) is 5.75 Å². The molecule has 1 spiro atoms. The molecule has 3 fully saturated rings. The van der Waals surface area contributed by atoms with E-state index in [2.05, 4.69) is 10.2 Å². The Labute approximate surface area is 185 Å². The van der Waals surface area contributed by atoms with Gasteiger partial charge in [0.25, 0.3) is 5.91 Å². The lowest BCUT2D eigenvalue weighted by Crippen LogP contribution is -2.57. The number of para-hydroxylation sites is 1. The van der Waals surface area contributed by atoms with Gasteiger partial charge < -0.3 is 24.6 Å². The van der Waals surface area contributed by atoms with Gasteiger partial charge in [-0.25, -0.2) is 4.79 Å². The van der Waals surface area contributed by atoms with Gasteiger partial charge in [0.2, 0.25) is 0 Å². The molecule has 1 aromatic rings. The maximum absolute atomic E-state index is 12.8. The molecule has 1 aromatic carbocycles. The Bertz CT molecular complexity index is 757. The summed E-state index contributed by atoms with van der Waals surface area (Å²) in [6, 6.07) is 10.2. The Morgan fingerprint density at radius 3 is 2.52 bits per heavy atom. The van der Waals surface area contributed by atoms with E-state index in [1.54, 1.807) is 0 Å². The average molecular weight is 430 g/mol. The van der Waals surface area contributed by atoms with Gasteiger partial charge in [-0.3, -0.25) is 4.79 Å². The van der Waals surface area contributed by atoms with Crippen molar-refractivity contribution in [2.75, 3.05) is 26.3 Å². The van der Waals surface area contributed by atoms with Crippen LogP contribution in [-0.2, 0) is 9.53 Å². The van der Waals surface area contributed by atoms with Crippen molar-refractivity contribution in [1.29, 1.82) is 0 Å². The molecule has 2 aliphatic heterocycles. The molecule has 1 saturated carbocycles. The number of nitrogens with one attached hydrogen (secondary N) is 1. The van der Waals surface area contributed by atoms with Gasteiger partial charge in [-0.15, -0.1) is 0 Å². The largest absolute Gasteiger partial charge is 0.484 e. The number of rotatable bonds is 6. The van der Waals surface area contributed by atoms with E-state index in [-0.39, 0.29) is 36.2 Å². The Hall–Kier alpha value is -2.28. The maximum atomic E-state index is 12.8. The first kappa shape index (κ1) is 21.9. The van der Waals surface area contributed by atoms with Gasteiger partial charge in [-0.2, -0.15) is 0 Å². The molecule has 2 saturated heterocycles. The summed E-state index contributed by atoms with van der Waals surface area (Å²) in [5.41, 5.74) is -0.231. The molecule has 0 aromatic heterocycles. The minimum Gasteiger partial charge on any atom is -0.484 e. The highest BCUT2D eigenvalue weighted by Gasteiger charge is 2.46. The molecule has 170 valence electrons. The van der Waals surface area contributed by atoms with E-state index in [1.165, 1.54) is 0 Å². The summed E-state index contributed by atoms with van der Waals surface area (Å²) in [7, 11) is 0. The quantitative estimate of drug-likeness (QED) is 0.754. The Balaban J connectivity index is 1.31. The molecule has 3 aliphatic rings. The van der Waals surface area contributed by atoms with Crippen LogP contribution in [0.1, 0.15) is 52.4 Å². The van der Waals surface area contributed by atoms with Crippen molar-refractivity contribution in [2.45, 2.75) is 76.1 Å². The summed E-state index contributed by atoms with van der Waals surface area (Å²) in [6.07, 6.45) is 5.56. The highest BCUT2D eigenvalue weighted by Crippen LogP contribution is 2.40. The number of piperidine rings is 1. The number of hydrogen-bond acceptors (Lipinski definition) is 4. The van der Waals surface area contributed by atoms with Gasteiger partial charge in [0.15, 0.2) is 6.61 Å². The van der Waals surface area contributed by atoms with Crippen LogP contribution < -0.4 is 10.1 Å². The summed E-state index contributed by atoms with van der Waals surface area (Å²) in [4.78, 5) is 29.4. The Morgan fingerprint density at radius 2 is 1.87 bits per heavy atom. The van der Waals surface area contributed by atoms with Crippen LogP contribution >= 0.6 is 0 Å². The first-order valence-electron chi connectivity index (χ1n) is 11.6. The van der Waals surface area contributed by atoms with Gasteiger partial charge in [0.05, 0.1) is 5.60 Å². The van der Waals surface area contributed by atoms with E-state index in [9.17, 15) is 9.59 Å². The van der Waals surface area contributed by atoms with Crippen LogP contribution in [0.5, 0.6) is 5.75 Å². The molecule has 3 amide bonds. The summed E-state index contributed by atoms with van der Waals surface area (Å²) in [6.45, 7) is 6.08. The standard InChI is InChI=1S/C24H35N3O4/c1-18(2)25-23(29)27(19-8-9-19)20-10-15-31-24(16-20)11-13-26(14-12-24)22(28)17-30-21-6-4-3-5-7-21/h3-7,18-20H,8-17H2,1-2H3,(H,25,29). The third-order valence-electron chi connectivity index (χ3n) is 6.58. The molecule has 1 aliphatic carbocycles. The third kappa shape index (κ3) is 5.50. The van der Waals surface area contributed by atoms with Gasteiger partial charge in [0, 0.05) is 37.8 Å². The van der Waals surface area contributed by atoms with Crippen LogP contribution in [0.15, 0.2) is 30.3 Å². The Morgan fingerprint density at radius 1 is 1.16 bits per heavy atom. The number of likely N-dealkylation sites (tertiary alicyclic amines) is 1. The van der Waals surface area contributed by atoms with Crippen molar-refractivity contribution in [2.24, 2.45) is 0 Å². The van der Waals surface area contributed by atoms with E-state index in [1.807, 2.05) is 49.1 Å². The zero-order valence-electron chi connectivity index (χ0n) is 18.7. The van der Waals surface area contributed by atoms with Crippen molar-refractivity contribution in [3.63, 3.8) is 0 Å². The van der Waals surface area contributed by atoms with Crippen LogP contribution in [-0.4, -0.2) is 71.8 Å². The summed E-state index contributed by atoms with van der Waals surface area (Å²) < 4.78 is 11.9. The number of ether oxygens (including phenoxy) is 2. The molecule has 1 N–H and O–H groups in total. The van der Waals surface area contributed by atoms with Crippen molar-refractivity contribution in [3.05, 3.63) is 30.3 Å². The second kappa shape index (κ2) is 9.47. The highest BCUT2D eigenvalue weighted by atomic mass is 16.5. The second-order valence-corrected chi connectivity index (χ2v) is 9.40. The van der Waals surface area contributed by atoms with Crippen molar-refractivity contribution >= 4 is 11.9 Å². The number of amides is 3. The monoisotopic (exact) mass is 429 g/mol. The number of carbonyl (C=O) groups excluding carboxylic acids is 2. The van der Waals surface area contributed by atoms with Crippen LogP contribution in [0.3, 0.4) is 0 Å². The minimum atomic E-state index is -0.231. The predicted molar refractivity (Wildman–Crippen MR) is 118 cm³/mol. The van der Waals surface area contributed by atoms with E-state index in [0.717, 1.165) is 38.5 Å². The van der Waals surface area contributed by atoms with E-state index in [0.29, 0.717) is 31.5 Å². The molecule has 7 nitrogen and oxygen atoms in total. The Kier molecular flexibility index (Phi) is 6.70. The number of nitrogens with zero attached hydrogens (tertiary/aromatic N) is 2. The van der Waals surface area contributed by atoms with Crippen molar-refractivity contribution < 1.29 is 19.1 Å². The lowest BCUT2D eigenvalue weighted by atomic mass is 9.81. The average Bonchev–Trinajstić information content (AvgIpc) is 3.58. The maximum Gasteiger partial charge on any atom is 0.318 e. The molecule has 31 heavy (non-hydrogen) atoms. The molecule has 0 radical (unpaired) electrons. The zero-order chi connectivity index (χ0) is 21.8. The van der Waals surface area contributed by atoms with Crippen LogP contribution in [0.25, 0.3) is 0 Å². The molecule has 0 bridgehead atoms. The zero-order valence-corrected chi connectivity index (χ0v) is 18.7. The molecule has 7 heteroatoms. The molecule has 2 heterocycles. The smallest absolute Gasteiger partial charge is 0.318 e. The summed E-state index contributed by atoms with van der Waals surface area (Å²) in [5, 5.41) is 3.08. The summed E-state index contributed by atoms with van der Waals surface area (Å²) >= 11 is 0. The SMILES string of the molecule is CC(C)NC(=O)N(C1CC1)C1CCOC2(CCN(C(=O)COc3ccccc3)CC2)C1. The normalized spacial score (nSPS) is 22.9. The molecule has 4 rings (SSSR count). The number of benzene rings is 1. The molecular weight excluding hydrogens is 394 g/mol. The van der Waals surface area contributed by atoms with Crippen molar-refractivity contribution in [1.82, 2.24) is 15.1 Å². The van der Waals surface area contributed by atoms with Crippen LogP contribution in [0, 0.1) is 0 Å². The van der Waals surface area contributed by atoms with Gasteiger partial charge >= 0.3 is 6.03 Å². The molecule has 1 atom stereocenters. The van der Waals surface area contributed by atoms with Crippen LogP contribution in [0.4, 0.5) is 4.79 Å². The first-order valence-corrected chi connectivity index (χ1v) is 11.6. The second-order valence-electron chi connectivity index (χ2n) is 9.40. The topological polar surface area (TPSA) is 71.1 Å². The highest BCUT2D eigenvalue weighted by molar-refractivity contribution is 5.78. The number of carbonyl (C=O) groups is 2. The lowest BCUT2D eigenvalue weighted by Gasteiger charge is -2.48.